The molecule has 3 heteroatoms. The maximum absolute atomic E-state index is 11.1. The van der Waals surface area contributed by atoms with Gasteiger partial charge >= 0.3 is 6.09 Å². The fraction of sp³-hybridized carbons (Fsp3) is 0.611. The molecular weight excluding hydrogens is 262 g/mol. The highest BCUT2D eigenvalue weighted by Crippen LogP contribution is 2.11. The number of nitrogens with one attached hydrogen (secondary N) is 1. The molecule has 0 saturated carbocycles. The molecule has 0 aliphatic heterocycles. The van der Waals surface area contributed by atoms with Gasteiger partial charge in [0, 0.05) is 6.54 Å². The van der Waals surface area contributed by atoms with Crippen LogP contribution in [0.4, 0.5) is 4.79 Å². The molecule has 1 N–H and O–H groups in total. The van der Waals surface area contributed by atoms with Crippen LogP contribution in [0, 0.1) is 0 Å². The minimum atomic E-state index is -0.350. The highest BCUT2D eigenvalue weighted by Gasteiger charge is 1.97. The van der Waals surface area contributed by atoms with E-state index in [0.717, 1.165) is 25.7 Å². The average molecular weight is 293 g/mol. The number of ether oxygens (including phenoxy) is 1. The van der Waals surface area contributed by atoms with Crippen LogP contribution in [0.3, 0.4) is 0 Å². The Labute approximate surface area is 130 Å². The first kappa shape index (κ1) is 19.5. The van der Waals surface area contributed by atoms with Crippen LogP contribution < -0.4 is 5.32 Å². The summed E-state index contributed by atoms with van der Waals surface area (Å²) < 4.78 is 5.01. The summed E-state index contributed by atoms with van der Waals surface area (Å²) in [6, 6.07) is 0. The normalized spacial score (nSPS) is 12.0. The summed E-state index contributed by atoms with van der Waals surface area (Å²) in [6.07, 6.45) is 10.5. The predicted molar refractivity (Wildman–Crippen MR) is 90.4 cm³/mol. The van der Waals surface area contributed by atoms with E-state index in [2.05, 4.69) is 45.2 Å². The van der Waals surface area contributed by atoms with Crippen molar-refractivity contribution in [2.75, 3.05) is 13.2 Å². The van der Waals surface area contributed by atoms with E-state index in [4.69, 9.17) is 4.74 Å². The summed E-state index contributed by atoms with van der Waals surface area (Å²) in [4.78, 5) is 11.1. The van der Waals surface area contributed by atoms with Gasteiger partial charge in [0.15, 0.2) is 0 Å². The van der Waals surface area contributed by atoms with E-state index in [0.29, 0.717) is 13.2 Å². The zero-order chi connectivity index (χ0) is 16.1. The molecule has 21 heavy (non-hydrogen) atoms. The van der Waals surface area contributed by atoms with Crippen LogP contribution >= 0.6 is 0 Å². The number of alkyl carbamates (subject to hydrolysis) is 1. The Morgan fingerprint density at radius 1 is 0.952 bits per heavy atom. The van der Waals surface area contributed by atoms with E-state index >= 15 is 0 Å². The molecule has 0 atom stereocenters. The Morgan fingerprint density at radius 3 is 2.10 bits per heavy atom. The van der Waals surface area contributed by atoms with Gasteiger partial charge in [-0.3, -0.25) is 0 Å². The molecule has 0 heterocycles. The second kappa shape index (κ2) is 12.2. The molecule has 0 aromatic rings. The summed E-state index contributed by atoms with van der Waals surface area (Å²) >= 11 is 0. The lowest BCUT2D eigenvalue weighted by Crippen LogP contribution is -2.23. The van der Waals surface area contributed by atoms with Gasteiger partial charge in [0.2, 0.25) is 0 Å². The fourth-order valence-corrected chi connectivity index (χ4v) is 1.79. The number of hydrogen-bond donors (Lipinski definition) is 1. The smallest absolute Gasteiger partial charge is 0.407 e. The number of hydrogen-bond acceptors (Lipinski definition) is 2. The molecule has 0 radical (unpaired) electrons. The molecule has 0 spiro atoms. The maximum atomic E-state index is 11.1. The highest BCUT2D eigenvalue weighted by atomic mass is 16.5. The Hall–Kier alpha value is -1.51. The van der Waals surface area contributed by atoms with Gasteiger partial charge in [-0.15, -0.1) is 0 Å². The van der Waals surface area contributed by atoms with E-state index in [1.165, 1.54) is 16.7 Å². The van der Waals surface area contributed by atoms with Crippen molar-refractivity contribution in [3.05, 3.63) is 34.9 Å². The lowest BCUT2D eigenvalue weighted by atomic mass is 10.1. The topological polar surface area (TPSA) is 38.3 Å². The van der Waals surface area contributed by atoms with Gasteiger partial charge in [-0.25, -0.2) is 4.79 Å². The monoisotopic (exact) mass is 293 g/mol. The number of rotatable bonds is 9. The summed E-state index contributed by atoms with van der Waals surface area (Å²) in [5.41, 5.74) is 4.08. The zero-order valence-corrected chi connectivity index (χ0v) is 14.3. The quantitative estimate of drug-likeness (QED) is 0.597. The Morgan fingerprint density at radius 2 is 1.52 bits per heavy atom. The third kappa shape index (κ3) is 13.2. The van der Waals surface area contributed by atoms with Crippen molar-refractivity contribution in [3.8, 4) is 0 Å². The molecule has 0 fully saturated rings. The Kier molecular flexibility index (Phi) is 11.4. The molecule has 0 unspecified atom stereocenters. The number of amides is 1. The first-order valence-electron chi connectivity index (χ1n) is 7.81. The summed E-state index contributed by atoms with van der Waals surface area (Å²) in [5, 5.41) is 2.60. The predicted octanol–water partition coefficient (Wildman–Crippen LogP) is 5.15. The molecule has 0 bridgehead atoms. The van der Waals surface area contributed by atoms with E-state index in [1.807, 2.05) is 13.0 Å². The first-order valence-corrected chi connectivity index (χ1v) is 7.81. The Bertz CT molecular complexity index is 388. The van der Waals surface area contributed by atoms with Crippen LogP contribution in [0.15, 0.2) is 34.9 Å². The van der Waals surface area contributed by atoms with Crippen molar-refractivity contribution in [3.63, 3.8) is 0 Å². The van der Waals surface area contributed by atoms with Crippen molar-refractivity contribution in [1.82, 2.24) is 5.32 Å². The summed E-state index contributed by atoms with van der Waals surface area (Å²) in [7, 11) is 0. The average Bonchev–Trinajstić information content (AvgIpc) is 2.38. The lowest BCUT2D eigenvalue weighted by Gasteiger charge is -2.04. The fourth-order valence-electron chi connectivity index (χ4n) is 1.79. The minimum absolute atomic E-state index is 0.348. The van der Waals surface area contributed by atoms with E-state index in [1.54, 1.807) is 0 Å². The van der Waals surface area contributed by atoms with Crippen LogP contribution in [0.2, 0.25) is 0 Å². The van der Waals surface area contributed by atoms with Gasteiger partial charge in [0.05, 0.1) is 0 Å². The molecule has 0 rings (SSSR count). The largest absolute Gasteiger partial charge is 0.445 e. The van der Waals surface area contributed by atoms with E-state index in [9.17, 15) is 4.79 Å². The number of carbonyl (C=O) groups is 1. The summed E-state index contributed by atoms with van der Waals surface area (Å²) in [6.45, 7) is 11.4. The van der Waals surface area contributed by atoms with Gasteiger partial charge in [-0.1, -0.05) is 28.9 Å². The SMILES string of the molecule is CCNC(=O)OC/C=C(\C)CC/C=C(\C)CCC=C(C)C. The molecule has 120 valence electrons. The Balaban J connectivity index is 3.88. The van der Waals surface area contributed by atoms with Gasteiger partial charge in [0.25, 0.3) is 0 Å². The molecule has 0 aliphatic carbocycles. The third-order valence-corrected chi connectivity index (χ3v) is 3.09. The van der Waals surface area contributed by atoms with Crippen LogP contribution in [-0.4, -0.2) is 19.2 Å². The maximum Gasteiger partial charge on any atom is 0.407 e. The van der Waals surface area contributed by atoms with Crippen LogP contribution in [0.1, 0.15) is 60.3 Å². The van der Waals surface area contributed by atoms with Crippen LogP contribution in [0.5, 0.6) is 0 Å². The number of allylic oxidation sites excluding steroid dienone is 5. The van der Waals surface area contributed by atoms with Crippen molar-refractivity contribution in [2.45, 2.75) is 60.3 Å². The molecule has 1 amide bonds. The zero-order valence-electron chi connectivity index (χ0n) is 14.3. The first-order chi connectivity index (χ1) is 9.95. The van der Waals surface area contributed by atoms with E-state index in [-0.39, 0.29) is 6.09 Å². The van der Waals surface area contributed by atoms with Crippen molar-refractivity contribution in [1.29, 1.82) is 0 Å². The van der Waals surface area contributed by atoms with Gasteiger partial charge in [-0.2, -0.15) is 0 Å². The van der Waals surface area contributed by atoms with Gasteiger partial charge < -0.3 is 10.1 Å². The van der Waals surface area contributed by atoms with Crippen LogP contribution in [0.25, 0.3) is 0 Å². The molecule has 0 saturated heterocycles. The second-order valence-electron chi connectivity index (χ2n) is 5.59. The molecule has 0 aliphatic rings. The third-order valence-electron chi connectivity index (χ3n) is 3.09. The second-order valence-corrected chi connectivity index (χ2v) is 5.59. The van der Waals surface area contributed by atoms with Gasteiger partial charge in [0.1, 0.15) is 6.61 Å². The molecular formula is C18H31NO2. The van der Waals surface area contributed by atoms with Crippen molar-refractivity contribution >= 4 is 6.09 Å². The highest BCUT2D eigenvalue weighted by molar-refractivity contribution is 5.67. The van der Waals surface area contributed by atoms with Crippen LogP contribution in [-0.2, 0) is 4.74 Å². The molecule has 0 aromatic carbocycles. The minimum Gasteiger partial charge on any atom is -0.445 e. The van der Waals surface area contributed by atoms with Crippen molar-refractivity contribution in [2.24, 2.45) is 0 Å². The molecule has 3 nitrogen and oxygen atoms in total. The standard InChI is InChI=1S/C18H31NO2/c1-6-19-18(20)21-14-13-17(5)12-8-11-16(4)10-7-9-15(2)3/h9,11,13H,6-8,10,12,14H2,1-5H3,(H,19,20)/b16-11+,17-13+. The van der Waals surface area contributed by atoms with E-state index < -0.39 is 0 Å². The van der Waals surface area contributed by atoms with Gasteiger partial charge in [-0.05, 0) is 66.4 Å². The summed E-state index contributed by atoms with van der Waals surface area (Å²) in [5.74, 6) is 0. The lowest BCUT2D eigenvalue weighted by molar-refractivity contribution is 0.158. The van der Waals surface area contributed by atoms with Crippen molar-refractivity contribution < 1.29 is 9.53 Å². The number of carbonyl (C=O) groups excluding carboxylic acids is 1. The molecule has 0 aromatic heterocycles.